The molecule has 2 atom stereocenters. The van der Waals surface area contributed by atoms with Crippen molar-refractivity contribution in [3.63, 3.8) is 0 Å². The summed E-state index contributed by atoms with van der Waals surface area (Å²) < 4.78 is 0. The van der Waals surface area contributed by atoms with E-state index in [9.17, 15) is 9.90 Å². The maximum absolute atomic E-state index is 13.6. The number of hydrogen-bond donors (Lipinski definition) is 3. The van der Waals surface area contributed by atoms with Gasteiger partial charge in [0.15, 0.2) is 0 Å². The Morgan fingerprint density at radius 3 is 2.55 bits per heavy atom. The average molecular weight is 539 g/mol. The number of anilines is 1. The molecule has 40 heavy (non-hydrogen) atoms. The van der Waals surface area contributed by atoms with Crippen molar-refractivity contribution in [2.75, 3.05) is 44.7 Å². The summed E-state index contributed by atoms with van der Waals surface area (Å²) in [5.41, 5.74) is 1.55. The van der Waals surface area contributed by atoms with Crippen molar-refractivity contribution in [3.05, 3.63) is 94.6 Å². The Labute approximate surface area is 235 Å². The van der Waals surface area contributed by atoms with Gasteiger partial charge in [-0.05, 0) is 49.1 Å². The number of nitrogens with one attached hydrogen (secondary N) is 2. The summed E-state index contributed by atoms with van der Waals surface area (Å²) in [5, 5.41) is 20.0. The molecule has 0 unspecified atom stereocenters. The van der Waals surface area contributed by atoms with Crippen molar-refractivity contribution in [2.24, 2.45) is 10.9 Å². The number of fused-ring (bicyclic) bond motifs is 1. The number of pyridine rings is 1. The third kappa shape index (κ3) is 6.03. The maximum Gasteiger partial charge on any atom is 0.226 e. The summed E-state index contributed by atoms with van der Waals surface area (Å²) in [4.78, 5) is 27.1. The van der Waals surface area contributed by atoms with Crippen molar-refractivity contribution in [3.8, 4) is 0 Å². The summed E-state index contributed by atoms with van der Waals surface area (Å²) in [5.74, 6) is 1.20. The third-order valence-electron chi connectivity index (χ3n) is 8.48. The molecule has 1 aromatic heterocycles. The molecule has 3 N–H and O–H groups in total. The first kappa shape index (κ1) is 26.5. The molecule has 6 rings (SSSR count). The van der Waals surface area contributed by atoms with E-state index in [1.807, 2.05) is 64.5 Å². The first-order valence-corrected chi connectivity index (χ1v) is 14.4. The van der Waals surface area contributed by atoms with Crippen molar-refractivity contribution < 1.29 is 9.90 Å². The van der Waals surface area contributed by atoms with Gasteiger partial charge in [0.2, 0.25) is 5.91 Å². The van der Waals surface area contributed by atoms with Gasteiger partial charge in [-0.1, -0.05) is 60.7 Å². The van der Waals surface area contributed by atoms with Crippen LogP contribution in [-0.4, -0.2) is 70.8 Å². The van der Waals surface area contributed by atoms with Crippen LogP contribution in [0.5, 0.6) is 0 Å². The lowest BCUT2D eigenvalue weighted by Gasteiger charge is -2.43. The molecule has 0 spiro atoms. The summed E-state index contributed by atoms with van der Waals surface area (Å²) in [6.07, 6.45) is 3.97. The van der Waals surface area contributed by atoms with Crippen LogP contribution in [0.3, 0.4) is 0 Å². The molecule has 0 radical (unpaired) electrons. The number of amides is 1. The van der Waals surface area contributed by atoms with Gasteiger partial charge in [0, 0.05) is 50.8 Å². The molecule has 2 saturated heterocycles. The Balaban J connectivity index is 1.07. The SMILES string of the molecule is O=C([C@@H]1CCNC[C@H]1c1ccccc1)N1CCC(O)(CN2C=c3nc(NCc4ccccc4)ccc3=NC2)CC1. The molecule has 3 aliphatic rings. The van der Waals surface area contributed by atoms with E-state index in [1.165, 1.54) is 11.1 Å². The fourth-order valence-corrected chi connectivity index (χ4v) is 6.18. The number of carbonyl (C=O) groups is 1. The lowest BCUT2D eigenvalue weighted by atomic mass is 9.80. The van der Waals surface area contributed by atoms with E-state index in [2.05, 4.69) is 34.9 Å². The van der Waals surface area contributed by atoms with Gasteiger partial charge in [-0.2, -0.15) is 0 Å². The fraction of sp³-hybridized carbons (Fsp3) is 0.406. The van der Waals surface area contributed by atoms with Gasteiger partial charge in [0.1, 0.15) is 17.8 Å². The first-order chi connectivity index (χ1) is 19.6. The number of likely N-dealkylation sites (tertiary alicyclic amines) is 1. The number of benzene rings is 2. The van der Waals surface area contributed by atoms with Crippen molar-refractivity contribution >= 4 is 17.9 Å². The summed E-state index contributed by atoms with van der Waals surface area (Å²) in [6.45, 7) is 4.51. The zero-order chi connectivity index (χ0) is 27.4. The highest BCUT2D eigenvalue weighted by Crippen LogP contribution is 2.33. The largest absolute Gasteiger partial charge is 0.388 e. The Kier molecular flexibility index (Phi) is 7.80. The Morgan fingerprint density at radius 2 is 1.77 bits per heavy atom. The summed E-state index contributed by atoms with van der Waals surface area (Å²) >= 11 is 0. The zero-order valence-electron chi connectivity index (χ0n) is 22.9. The highest BCUT2D eigenvalue weighted by molar-refractivity contribution is 5.80. The number of aliphatic hydroxyl groups is 1. The molecule has 208 valence electrons. The van der Waals surface area contributed by atoms with Crippen LogP contribution in [0.4, 0.5) is 5.82 Å². The van der Waals surface area contributed by atoms with E-state index in [0.717, 1.165) is 36.0 Å². The van der Waals surface area contributed by atoms with Crippen LogP contribution in [0.1, 0.15) is 36.3 Å². The minimum absolute atomic E-state index is 0.0173. The van der Waals surface area contributed by atoms with Crippen molar-refractivity contribution in [1.82, 2.24) is 20.1 Å². The van der Waals surface area contributed by atoms with E-state index in [1.54, 1.807) is 0 Å². The number of nitrogens with zero attached hydrogens (tertiary/aromatic N) is 4. The van der Waals surface area contributed by atoms with Gasteiger partial charge >= 0.3 is 0 Å². The first-order valence-electron chi connectivity index (χ1n) is 14.4. The van der Waals surface area contributed by atoms with Crippen molar-refractivity contribution in [1.29, 1.82) is 0 Å². The molecule has 2 aromatic carbocycles. The Hall–Kier alpha value is -3.75. The molecule has 0 aliphatic carbocycles. The molecular formula is C32H38N6O2. The third-order valence-corrected chi connectivity index (χ3v) is 8.48. The second-order valence-corrected chi connectivity index (χ2v) is 11.3. The highest BCUT2D eigenvalue weighted by Gasteiger charge is 2.39. The van der Waals surface area contributed by atoms with Gasteiger partial charge < -0.3 is 25.5 Å². The number of carbonyl (C=O) groups excluding carboxylic acids is 1. The van der Waals surface area contributed by atoms with Gasteiger partial charge in [0.25, 0.3) is 0 Å². The van der Waals surface area contributed by atoms with Crippen LogP contribution >= 0.6 is 0 Å². The molecule has 1 amide bonds. The molecule has 3 aromatic rings. The van der Waals surface area contributed by atoms with Crippen LogP contribution in [0.15, 0.2) is 77.8 Å². The number of aromatic nitrogens is 1. The van der Waals surface area contributed by atoms with Crippen LogP contribution in [0, 0.1) is 5.92 Å². The fourth-order valence-electron chi connectivity index (χ4n) is 6.18. The van der Waals surface area contributed by atoms with E-state index < -0.39 is 5.60 Å². The van der Waals surface area contributed by atoms with Crippen molar-refractivity contribution in [2.45, 2.75) is 37.3 Å². The average Bonchev–Trinajstić information content (AvgIpc) is 3.01. The topological polar surface area (TPSA) is 93.1 Å². The number of β-amino-alcohol motifs (C(OH)–C–C–N with tert-alkyl or cyclic N) is 1. The van der Waals surface area contributed by atoms with Crippen LogP contribution in [-0.2, 0) is 11.3 Å². The van der Waals surface area contributed by atoms with Gasteiger partial charge in [0.05, 0.1) is 11.0 Å². The molecule has 8 nitrogen and oxygen atoms in total. The Morgan fingerprint density at radius 1 is 1.02 bits per heavy atom. The molecule has 8 heteroatoms. The minimum atomic E-state index is -0.865. The predicted octanol–water partition coefficient (Wildman–Crippen LogP) is 2.07. The van der Waals surface area contributed by atoms with Gasteiger partial charge in [-0.25, -0.2) is 4.98 Å². The molecule has 3 aliphatic heterocycles. The second-order valence-electron chi connectivity index (χ2n) is 11.3. The van der Waals surface area contributed by atoms with Gasteiger partial charge in [-0.3, -0.25) is 9.79 Å². The summed E-state index contributed by atoms with van der Waals surface area (Å²) in [7, 11) is 0. The lowest BCUT2D eigenvalue weighted by molar-refractivity contribution is -0.141. The highest BCUT2D eigenvalue weighted by atomic mass is 16.3. The lowest BCUT2D eigenvalue weighted by Crippen LogP contribution is -2.54. The monoisotopic (exact) mass is 538 g/mol. The molecule has 0 bridgehead atoms. The molecule has 2 fully saturated rings. The normalized spacial score (nSPS) is 22.0. The standard InChI is InChI=1S/C32H38N6O2/c39-31(26-13-16-33-20-27(26)25-9-5-2-6-10-25)38-17-14-32(40,15-18-38)22-37-21-29-28(35-23-37)11-12-30(36-29)34-19-24-7-3-1-4-8-24/h1-12,21,26-27,33,40H,13-20,22-23H2,(H,34,36)/t26-,27+/m1/s1. The van der Waals surface area contributed by atoms with Crippen LogP contribution < -0.4 is 21.3 Å². The smallest absolute Gasteiger partial charge is 0.226 e. The quantitative estimate of drug-likeness (QED) is 0.427. The van der Waals surface area contributed by atoms with E-state index >= 15 is 0 Å². The van der Waals surface area contributed by atoms with Crippen LogP contribution in [0.25, 0.3) is 6.20 Å². The summed E-state index contributed by atoms with van der Waals surface area (Å²) in [6, 6.07) is 24.6. The number of piperidine rings is 2. The number of rotatable bonds is 7. The maximum atomic E-state index is 13.6. The van der Waals surface area contributed by atoms with E-state index in [0.29, 0.717) is 45.7 Å². The molecule has 0 saturated carbocycles. The number of hydrogen-bond acceptors (Lipinski definition) is 7. The molecular weight excluding hydrogens is 500 g/mol. The van der Waals surface area contributed by atoms with E-state index in [4.69, 9.17) is 9.98 Å². The predicted molar refractivity (Wildman–Crippen MR) is 156 cm³/mol. The zero-order valence-corrected chi connectivity index (χ0v) is 22.9. The Bertz CT molecular complexity index is 1420. The van der Waals surface area contributed by atoms with Crippen LogP contribution in [0.2, 0.25) is 0 Å². The van der Waals surface area contributed by atoms with E-state index in [-0.39, 0.29) is 17.7 Å². The molecule has 4 heterocycles. The second kappa shape index (κ2) is 11.8. The van der Waals surface area contributed by atoms with Gasteiger partial charge in [-0.15, -0.1) is 0 Å². The minimum Gasteiger partial charge on any atom is -0.388 e.